The molecule has 1 N–H and O–H groups in total. The van der Waals surface area contributed by atoms with Crippen LogP contribution in [0.4, 0.5) is 0 Å². The van der Waals surface area contributed by atoms with Crippen LogP contribution in [0, 0.1) is 11.8 Å². The fraction of sp³-hybridized carbons (Fsp3) is 0.500. The molecule has 1 aromatic carbocycles. The van der Waals surface area contributed by atoms with Crippen LogP contribution in [0.3, 0.4) is 0 Å². The van der Waals surface area contributed by atoms with Gasteiger partial charge in [-0.15, -0.1) is 0 Å². The van der Waals surface area contributed by atoms with Crippen molar-refractivity contribution in [3.05, 3.63) is 35.4 Å². The Morgan fingerprint density at radius 2 is 1.84 bits per heavy atom. The molecule has 19 heavy (non-hydrogen) atoms. The standard InChI is InChI=1S/C16H24N2O/c1-17(2)11-12-18(3)14-16-10-5-4-8-15(16)9-6-7-13-19/h4-5,8,10,19H,7,11-14H2,1-3H3. The van der Waals surface area contributed by atoms with Crippen LogP contribution in [-0.2, 0) is 6.54 Å². The monoisotopic (exact) mass is 260 g/mol. The fourth-order valence-electron chi connectivity index (χ4n) is 1.73. The minimum atomic E-state index is 0.123. The van der Waals surface area contributed by atoms with E-state index >= 15 is 0 Å². The van der Waals surface area contributed by atoms with Crippen LogP contribution in [0.1, 0.15) is 17.5 Å². The first-order valence-corrected chi connectivity index (χ1v) is 6.64. The summed E-state index contributed by atoms with van der Waals surface area (Å²) in [5.74, 6) is 6.13. The lowest BCUT2D eigenvalue weighted by molar-refractivity contribution is 0.276. The zero-order chi connectivity index (χ0) is 14.1. The van der Waals surface area contributed by atoms with Gasteiger partial charge in [0.2, 0.25) is 0 Å². The molecule has 0 saturated carbocycles. The van der Waals surface area contributed by atoms with E-state index in [1.165, 1.54) is 5.56 Å². The lowest BCUT2D eigenvalue weighted by Gasteiger charge is -2.20. The zero-order valence-electron chi connectivity index (χ0n) is 12.2. The fourth-order valence-corrected chi connectivity index (χ4v) is 1.73. The van der Waals surface area contributed by atoms with E-state index in [4.69, 9.17) is 5.11 Å². The Morgan fingerprint density at radius 3 is 2.53 bits per heavy atom. The van der Waals surface area contributed by atoms with Crippen molar-refractivity contribution >= 4 is 0 Å². The van der Waals surface area contributed by atoms with Crippen molar-refractivity contribution in [2.24, 2.45) is 0 Å². The number of hydrogen-bond donors (Lipinski definition) is 1. The molecule has 0 atom stereocenters. The van der Waals surface area contributed by atoms with Gasteiger partial charge in [-0.05, 0) is 32.8 Å². The van der Waals surface area contributed by atoms with E-state index in [0.29, 0.717) is 6.42 Å². The Kier molecular flexibility index (Phi) is 7.20. The lowest BCUT2D eigenvalue weighted by Crippen LogP contribution is -2.28. The predicted octanol–water partition coefficient (Wildman–Crippen LogP) is 1.41. The molecule has 0 heterocycles. The van der Waals surface area contributed by atoms with Crippen molar-refractivity contribution in [1.82, 2.24) is 9.80 Å². The van der Waals surface area contributed by atoms with Crippen molar-refractivity contribution < 1.29 is 5.11 Å². The van der Waals surface area contributed by atoms with E-state index in [1.807, 2.05) is 18.2 Å². The number of aliphatic hydroxyl groups is 1. The van der Waals surface area contributed by atoms with Crippen LogP contribution in [0.2, 0.25) is 0 Å². The molecule has 104 valence electrons. The van der Waals surface area contributed by atoms with Crippen molar-refractivity contribution in [1.29, 1.82) is 0 Å². The maximum absolute atomic E-state index is 8.77. The summed E-state index contributed by atoms with van der Waals surface area (Å²) in [7, 11) is 6.30. The van der Waals surface area contributed by atoms with E-state index in [9.17, 15) is 0 Å². The van der Waals surface area contributed by atoms with E-state index in [0.717, 1.165) is 25.2 Å². The molecule has 0 bridgehead atoms. The number of likely N-dealkylation sites (N-methyl/N-ethyl adjacent to an activating group) is 2. The number of hydrogen-bond acceptors (Lipinski definition) is 3. The molecule has 3 heteroatoms. The predicted molar refractivity (Wildman–Crippen MR) is 79.9 cm³/mol. The Balaban J connectivity index is 2.65. The summed E-state index contributed by atoms with van der Waals surface area (Å²) in [4.78, 5) is 4.48. The first-order valence-electron chi connectivity index (χ1n) is 6.64. The number of benzene rings is 1. The molecular weight excluding hydrogens is 236 g/mol. The maximum atomic E-state index is 8.77. The molecule has 0 amide bonds. The molecule has 1 rings (SSSR count). The normalized spacial score (nSPS) is 10.6. The highest BCUT2D eigenvalue weighted by Crippen LogP contribution is 2.09. The highest BCUT2D eigenvalue weighted by Gasteiger charge is 2.04. The van der Waals surface area contributed by atoms with Gasteiger partial charge in [0.1, 0.15) is 0 Å². The molecule has 0 aromatic heterocycles. The molecule has 0 aliphatic heterocycles. The van der Waals surface area contributed by atoms with Gasteiger partial charge < -0.3 is 14.9 Å². The molecule has 3 nitrogen and oxygen atoms in total. The summed E-state index contributed by atoms with van der Waals surface area (Å²) in [5.41, 5.74) is 2.31. The van der Waals surface area contributed by atoms with Crippen molar-refractivity contribution in [3.8, 4) is 11.8 Å². The van der Waals surface area contributed by atoms with E-state index < -0.39 is 0 Å². The second-order valence-electron chi connectivity index (χ2n) is 4.97. The van der Waals surface area contributed by atoms with Crippen LogP contribution in [-0.4, -0.2) is 55.7 Å². The highest BCUT2D eigenvalue weighted by atomic mass is 16.2. The molecule has 1 aromatic rings. The summed E-state index contributed by atoms with van der Waals surface area (Å²) in [6.07, 6.45) is 0.533. The summed E-state index contributed by atoms with van der Waals surface area (Å²) in [6, 6.07) is 8.22. The number of aliphatic hydroxyl groups excluding tert-OH is 1. The summed E-state index contributed by atoms with van der Waals surface area (Å²) >= 11 is 0. The van der Waals surface area contributed by atoms with Gasteiger partial charge in [-0.25, -0.2) is 0 Å². The van der Waals surface area contributed by atoms with Gasteiger partial charge in [0, 0.05) is 31.6 Å². The molecule has 0 aliphatic rings. The largest absolute Gasteiger partial charge is 0.395 e. The second-order valence-corrected chi connectivity index (χ2v) is 4.97. The molecular formula is C16H24N2O. The van der Waals surface area contributed by atoms with Crippen LogP contribution in [0.25, 0.3) is 0 Å². The smallest absolute Gasteiger partial charge is 0.0540 e. The number of rotatable bonds is 6. The van der Waals surface area contributed by atoms with Gasteiger partial charge in [0.15, 0.2) is 0 Å². The third-order valence-corrected chi connectivity index (χ3v) is 2.85. The summed E-state index contributed by atoms with van der Waals surface area (Å²) in [6.45, 7) is 3.11. The van der Waals surface area contributed by atoms with E-state index in [2.05, 4.69) is 48.9 Å². The third-order valence-electron chi connectivity index (χ3n) is 2.85. The van der Waals surface area contributed by atoms with Crippen LogP contribution in [0.15, 0.2) is 24.3 Å². The van der Waals surface area contributed by atoms with Gasteiger partial charge in [0.05, 0.1) is 6.61 Å². The maximum Gasteiger partial charge on any atom is 0.0540 e. The highest BCUT2D eigenvalue weighted by molar-refractivity contribution is 5.41. The zero-order valence-corrected chi connectivity index (χ0v) is 12.2. The van der Waals surface area contributed by atoms with Crippen molar-refractivity contribution in [2.45, 2.75) is 13.0 Å². The Hall–Kier alpha value is -1.34. The molecule has 0 saturated heterocycles. The van der Waals surface area contributed by atoms with Gasteiger partial charge in [-0.3, -0.25) is 0 Å². The molecule has 0 radical (unpaired) electrons. The molecule has 0 aliphatic carbocycles. The minimum Gasteiger partial charge on any atom is -0.395 e. The average molecular weight is 260 g/mol. The lowest BCUT2D eigenvalue weighted by atomic mass is 10.1. The van der Waals surface area contributed by atoms with Crippen LogP contribution in [0.5, 0.6) is 0 Å². The van der Waals surface area contributed by atoms with Gasteiger partial charge in [-0.1, -0.05) is 30.0 Å². The first-order chi connectivity index (χ1) is 9.13. The quantitative estimate of drug-likeness (QED) is 0.784. The molecule has 0 fully saturated rings. The Morgan fingerprint density at radius 1 is 1.11 bits per heavy atom. The minimum absolute atomic E-state index is 0.123. The van der Waals surface area contributed by atoms with Crippen LogP contribution >= 0.6 is 0 Å². The van der Waals surface area contributed by atoms with Gasteiger partial charge >= 0.3 is 0 Å². The second kappa shape index (κ2) is 8.71. The topological polar surface area (TPSA) is 26.7 Å². The molecule has 0 unspecified atom stereocenters. The van der Waals surface area contributed by atoms with Crippen LogP contribution < -0.4 is 0 Å². The summed E-state index contributed by atoms with van der Waals surface area (Å²) in [5, 5.41) is 8.77. The number of nitrogens with zero attached hydrogens (tertiary/aromatic N) is 2. The first kappa shape index (κ1) is 15.7. The Labute approximate surface area is 116 Å². The summed E-state index contributed by atoms with van der Waals surface area (Å²) < 4.78 is 0. The van der Waals surface area contributed by atoms with E-state index in [1.54, 1.807) is 0 Å². The van der Waals surface area contributed by atoms with Crippen molar-refractivity contribution in [3.63, 3.8) is 0 Å². The van der Waals surface area contributed by atoms with Gasteiger partial charge in [-0.2, -0.15) is 0 Å². The van der Waals surface area contributed by atoms with Crippen molar-refractivity contribution in [2.75, 3.05) is 40.8 Å². The van der Waals surface area contributed by atoms with Gasteiger partial charge in [0.25, 0.3) is 0 Å². The molecule has 0 spiro atoms. The third kappa shape index (κ3) is 6.40. The van der Waals surface area contributed by atoms with E-state index in [-0.39, 0.29) is 6.61 Å². The average Bonchev–Trinajstić information content (AvgIpc) is 2.39. The SMILES string of the molecule is CN(C)CCN(C)Cc1ccccc1C#CCCO. The Bertz CT molecular complexity index is 432.